The van der Waals surface area contributed by atoms with E-state index in [2.05, 4.69) is 26.1 Å². The van der Waals surface area contributed by atoms with Crippen LogP contribution in [0.4, 0.5) is 0 Å². The molecule has 0 rings (SSSR count). The standard InChI is InChI=1S/C11H26N2/c1-4-10(2)6-5-7-13-9-11(3)8-12/h10-11,13H,4-9,12H2,1-3H3. The third kappa shape index (κ3) is 8.26. The largest absolute Gasteiger partial charge is 0.330 e. The van der Waals surface area contributed by atoms with Crippen LogP contribution in [0.5, 0.6) is 0 Å². The molecule has 80 valence electrons. The van der Waals surface area contributed by atoms with Crippen molar-refractivity contribution < 1.29 is 0 Å². The first-order chi connectivity index (χ1) is 6.20. The van der Waals surface area contributed by atoms with Crippen LogP contribution in [0.15, 0.2) is 0 Å². The summed E-state index contributed by atoms with van der Waals surface area (Å²) in [5, 5.41) is 3.44. The molecule has 0 spiro atoms. The lowest BCUT2D eigenvalue weighted by molar-refractivity contribution is 0.461. The summed E-state index contributed by atoms with van der Waals surface area (Å²) < 4.78 is 0. The van der Waals surface area contributed by atoms with Gasteiger partial charge in [-0.2, -0.15) is 0 Å². The Morgan fingerprint density at radius 1 is 1.23 bits per heavy atom. The third-order valence-electron chi connectivity index (χ3n) is 2.64. The molecule has 0 aliphatic heterocycles. The van der Waals surface area contributed by atoms with Crippen molar-refractivity contribution in [2.75, 3.05) is 19.6 Å². The number of nitrogens with one attached hydrogen (secondary N) is 1. The Morgan fingerprint density at radius 3 is 2.46 bits per heavy atom. The Morgan fingerprint density at radius 2 is 1.92 bits per heavy atom. The molecule has 0 fully saturated rings. The number of hydrogen-bond acceptors (Lipinski definition) is 2. The zero-order valence-electron chi connectivity index (χ0n) is 9.47. The summed E-state index contributed by atoms with van der Waals surface area (Å²) in [6.45, 7) is 9.77. The van der Waals surface area contributed by atoms with Crippen molar-refractivity contribution in [3.8, 4) is 0 Å². The Labute approximate surface area is 83.3 Å². The molecule has 0 aromatic heterocycles. The van der Waals surface area contributed by atoms with E-state index in [0.29, 0.717) is 5.92 Å². The van der Waals surface area contributed by atoms with E-state index in [-0.39, 0.29) is 0 Å². The molecule has 0 bridgehead atoms. The smallest absolute Gasteiger partial charge is 0.00111 e. The van der Waals surface area contributed by atoms with E-state index in [9.17, 15) is 0 Å². The van der Waals surface area contributed by atoms with Gasteiger partial charge in [-0.25, -0.2) is 0 Å². The van der Waals surface area contributed by atoms with Crippen molar-refractivity contribution in [1.82, 2.24) is 5.32 Å². The molecule has 2 atom stereocenters. The summed E-state index contributed by atoms with van der Waals surface area (Å²) in [7, 11) is 0. The average molecular weight is 186 g/mol. The second kappa shape index (κ2) is 8.52. The van der Waals surface area contributed by atoms with Crippen molar-refractivity contribution in [3.05, 3.63) is 0 Å². The molecule has 0 amide bonds. The maximum atomic E-state index is 5.52. The van der Waals surface area contributed by atoms with E-state index >= 15 is 0 Å². The summed E-state index contributed by atoms with van der Waals surface area (Å²) in [6, 6.07) is 0. The molecule has 0 saturated heterocycles. The van der Waals surface area contributed by atoms with Crippen molar-refractivity contribution >= 4 is 0 Å². The first-order valence-electron chi connectivity index (χ1n) is 5.61. The fraction of sp³-hybridized carbons (Fsp3) is 1.00. The van der Waals surface area contributed by atoms with Gasteiger partial charge in [0.2, 0.25) is 0 Å². The van der Waals surface area contributed by atoms with Gasteiger partial charge in [-0.1, -0.05) is 27.2 Å². The highest BCUT2D eigenvalue weighted by Gasteiger charge is 1.99. The van der Waals surface area contributed by atoms with Crippen molar-refractivity contribution in [2.24, 2.45) is 17.6 Å². The van der Waals surface area contributed by atoms with E-state index in [4.69, 9.17) is 5.73 Å². The van der Waals surface area contributed by atoms with Gasteiger partial charge >= 0.3 is 0 Å². The van der Waals surface area contributed by atoms with Gasteiger partial charge in [-0.3, -0.25) is 0 Å². The predicted octanol–water partition coefficient (Wildman–Crippen LogP) is 2.00. The van der Waals surface area contributed by atoms with Crippen LogP contribution >= 0.6 is 0 Å². The topological polar surface area (TPSA) is 38.0 Å². The van der Waals surface area contributed by atoms with Gasteiger partial charge in [0.15, 0.2) is 0 Å². The molecule has 2 heteroatoms. The SMILES string of the molecule is CCC(C)CCCNCC(C)CN. The summed E-state index contributed by atoms with van der Waals surface area (Å²) in [4.78, 5) is 0. The van der Waals surface area contributed by atoms with Crippen LogP contribution in [0.25, 0.3) is 0 Å². The highest BCUT2D eigenvalue weighted by atomic mass is 14.9. The quantitative estimate of drug-likeness (QED) is 0.569. The zero-order valence-corrected chi connectivity index (χ0v) is 9.47. The maximum absolute atomic E-state index is 5.52. The van der Waals surface area contributed by atoms with Crippen LogP contribution in [0.1, 0.15) is 40.0 Å². The van der Waals surface area contributed by atoms with Crippen LogP contribution in [-0.4, -0.2) is 19.6 Å². The first-order valence-corrected chi connectivity index (χ1v) is 5.61. The number of nitrogens with two attached hydrogens (primary N) is 1. The van der Waals surface area contributed by atoms with Crippen LogP contribution in [0.3, 0.4) is 0 Å². The lowest BCUT2D eigenvalue weighted by Gasteiger charge is -2.11. The molecule has 3 N–H and O–H groups in total. The Hall–Kier alpha value is -0.0800. The summed E-state index contributed by atoms with van der Waals surface area (Å²) in [6.07, 6.45) is 3.95. The molecular weight excluding hydrogens is 160 g/mol. The zero-order chi connectivity index (χ0) is 10.1. The van der Waals surface area contributed by atoms with Gasteiger partial charge in [0, 0.05) is 0 Å². The molecule has 0 radical (unpaired) electrons. The molecule has 0 aliphatic rings. The highest BCUT2D eigenvalue weighted by molar-refractivity contribution is 4.58. The van der Waals surface area contributed by atoms with Gasteiger partial charge in [0.25, 0.3) is 0 Å². The fourth-order valence-corrected chi connectivity index (χ4v) is 1.21. The number of hydrogen-bond donors (Lipinski definition) is 2. The van der Waals surface area contributed by atoms with Crippen molar-refractivity contribution in [1.29, 1.82) is 0 Å². The minimum atomic E-state index is 0.614. The second-order valence-corrected chi connectivity index (χ2v) is 4.20. The molecule has 0 aromatic carbocycles. The molecule has 2 unspecified atom stereocenters. The van der Waals surface area contributed by atoms with Crippen LogP contribution in [-0.2, 0) is 0 Å². The molecular formula is C11H26N2. The molecule has 0 saturated carbocycles. The normalized spacial score (nSPS) is 15.7. The maximum Gasteiger partial charge on any atom is -0.00111 e. The van der Waals surface area contributed by atoms with E-state index < -0.39 is 0 Å². The fourth-order valence-electron chi connectivity index (χ4n) is 1.21. The van der Waals surface area contributed by atoms with Crippen LogP contribution < -0.4 is 11.1 Å². The van der Waals surface area contributed by atoms with E-state index in [1.54, 1.807) is 0 Å². The molecule has 2 nitrogen and oxygen atoms in total. The molecule has 0 heterocycles. The van der Waals surface area contributed by atoms with Gasteiger partial charge < -0.3 is 11.1 Å². The third-order valence-corrected chi connectivity index (χ3v) is 2.64. The number of rotatable bonds is 8. The lowest BCUT2D eigenvalue weighted by Crippen LogP contribution is -2.27. The van der Waals surface area contributed by atoms with Gasteiger partial charge in [0.05, 0.1) is 0 Å². The van der Waals surface area contributed by atoms with E-state index in [1.165, 1.54) is 19.3 Å². The van der Waals surface area contributed by atoms with Gasteiger partial charge in [-0.15, -0.1) is 0 Å². The first kappa shape index (κ1) is 12.9. The predicted molar refractivity (Wildman–Crippen MR) is 59.8 cm³/mol. The van der Waals surface area contributed by atoms with E-state index in [0.717, 1.165) is 25.6 Å². The Bertz CT molecular complexity index is 92.3. The lowest BCUT2D eigenvalue weighted by atomic mass is 10.0. The minimum absolute atomic E-state index is 0.614. The van der Waals surface area contributed by atoms with Gasteiger partial charge in [0.1, 0.15) is 0 Å². The highest BCUT2D eigenvalue weighted by Crippen LogP contribution is 2.07. The van der Waals surface area contributed by atoms with Crippen LogP contribution in [0.2, 0.25) is 0 Å². The monoisotopic (exact) mass is 186 g/mol. The van der Waals surface area contributed by atoms with Crippen LogP contribution in [0, 0.1) is 11.8 Å². The summed E-state index contributed by atoms with van der Waals surface area (Å²) in [5.74, 6) is 1.50. The minimum Gasteiger partial charge on any atom is -0.330 e. The van der Waals surface area contributed by atoms with Crippen molar-refractivity contribution in [3.63, 3.8) is 0 Å². The molecule has 13 heavy (non-hydrogen) atoms. The second-order valence-electron chi connectivity index (χ2n) is 4.20. The van der Waals surface area contributed by atoms with E-state index in [1.807, 2.05) is 0 Å². The summed E-state index contributed by atoms with van der Waals surface area (Å²) >= 11 is 0. The average Bonchev–Trinajstić information content (AvgIpc) is 2.16. The molecule has 0 aliphatic carbocycles. The summed E-state index contributed by atoms with van der Waals surface area (Å²) in [5.41, 5.74) is 5.52. The molecule has 0 aromatic rings. The Balaban J connectivity index is 3.08. The Kier molecular flexibility index (Phi) is 8.46. The van der Waals surface area contributed by atoms with Crippen molar-refractivity contribution in [2.45, 2.75) is 40.0 Å². The van der Waals surface area contributed by atoms with Gasteiger partial charge in [-0.05, 0) is 44.3 Å².